The van der Waals surface area contributed by atoms with Crippen molar-refractivity contribution in [3.63, 3.8) is 0 Å². The molecule has 2 aromatic rings. The largest absolute Gasteiger partial charge is 0.478 e. The van der Waals surface area contributed by atoms with Crippen LogP contribution in [-0.2, 0) is 11.3 Å². The highest BCUT2D eigenvalue weighted by molar-refractivity contribution is 7.99. The molecule has 1 aromatic heterocycles. The number of amides is 1. The third-order valence-electron chi connectivity index (χ3n) is 2.51. The van der Waals surface area contributed by atoms with Crippen molar-refractivity contribution in [3.05, 3.63) is 35.4 Å². The molecular weight excluding hydrogens is 294 g/mol. The molecular formula is C12H13N5O3S. The fraction of sp³-hybridized carbons (Fsp3) is 0.167. The number of aromatic nitrogens is 3. The fourth-order valence-corrected chi connectivity index (χ4v) is 2.10. The van der Waals surface area contributed by atoms with E-state index in [1.165, 1.54) is 23.9 Å². The Bertz CT molecular complexity index is 641. The average Bonchev–Trinajstić information content (AvgIpc) is 2.89. The number of hydrogen-bond acceptors (Lipinski definition) is 6. The molecule has 0 aliphatic heterocycles. The molecule has 1 aromatic carbocycles. The second kappa shape index (κ2) is 6.75. The molecule has 0 bridgehead atoms. The number of anilines is 1. The number of nitrogens with zero attached hydrogens (tertiary/aromatic N) is 2. The van der Waals surface area contributed by atoms with Crippen molar-refractivity contribution >= 4 is 29.6 Å². The van der Waals surface area contributed by atoms with Crippen molar-refractivity contribution < 1.29 is 14.7 Å². The van der Waals surface area contributed by atoms with Gasteiger partial charge in [-0.3, -0.25) is 4.79 Å². The van der Waals surface area contributed by atoms with Crippen LogP contribution in [0.2, 0.25) is 0 Å². The van der Waals surface area contributed by atoms with Crippen LogP contribution in [0.5, 0.6) is 0 Å². The number of H-pyrrole nitrogens is 1. The van der Waals surface area contributed by atoms with E-state index in [1.807, 2.05) is 0 Å². The van der Waals surface area contributed by atoms with Crippen LogP contribution in [0, 0.1) is 0 Å². The van der Waals surface area contributed by atoms with Crippen molar-refractivity contribution in [1.82, 2.24) is 20.5 Å². The van der Waals surface area contributed by atoms with Gasteiger partial charge in [-0.15, -0.1) is 5.10 Å². The lowest BCUT2D eigenvalue weighted by molar-refractivity contribution is -0.118. The maximum atomic E-state index is 11.6. The number of nitrogen functional groups attached to an aromatic ring is 1. The molecule has 0 saturated heterocycles. The number of hydrogen-bond donors (Lipinski definition) is 4. The lowest BCUT2D eigenvalue weighted by atomic mass is 10.1. The third kappa shape index (κ3) is 4.49. The molecule has 1 heterocycles. The Kier molecular flexibility index (Phi) is 4.77. The average molecular weight is 307 g/mol. The number of carbonyl (C=O) groups excluding carboxylic acids is 1. The predicted octanol–water partition coefficient (Wildman–Crippen LogP) is 0.494. The van der Waals surface area contributed by atoms with Crippen LogP contribution >= 0.6 is 11.8 Å². The second-order valence-electron chi connectivity index (χ2n) is 4.07. The summed E-state index contributed by atoms with van der Waals surface area (Å²) in [6, 6.07) is 6.31. The van der Waals surface area contributed by atoms with Crippen LogP contribution < -0.4 is 11.1 Å². The Labute approximate surface area is 124 Å². The standard InChI is InChI=1S/C12H13N5O3S/c13-11-15-12(17-16-11)21-6-9(18)14-5-7-1-3-8(4-2-7)10(19)20/h1-4H,5-6H2,(H,14,18)(H,19,20)(H3,13,15,16,17). The molecule has 0 fully saturated rings. The van der Waals surface area contributed by atoms with Gasteiger partial charge in [-0.2, -0.15) is 4.98 Å². The first kappa shape index (κ1) is 14.9. The summed E-state index contributed by atoms with van der Waals surface area (Å²) >= 11 is 1.17. The molecule has 0 unspecified atom stereocenters. The van der Waals surface area contributed by atoms with E-state index in [9.17, 15) is 9.59 Å². The van der Waals surface area contributed by atoms with Gasteiger partial charge in [0.15, 0.2) is 0 Å². The first-order valence-electron chi connectivity index (χ1n) is 5.94. The summed E-state index contributed by atoms with van der Waals surface area (Å²) in [6.45, 7) is 0.329. The van der Waals surface area contributed by atoms with E-state index in [4.69, 9.17) is 10.8 Å². The van der Waals surface area contributed by atoms with Gasteiger partial charge in [0.2, 0.25) is 17.0 Å². The Morgan fingerprint density at radius 2 is 2.05 bits per heavy atom. The Balaban J connectivity index is 1.77. The third-order valence-corrected chi connectivity index (χ3v) is 3.35. The highest BCUT2D eigenvalue weighted by Gasteiger charge is 2.07. The molecule has 5 N–H and O–H groups in total. The minimum Gasteiger partial charge on any atom is -0.478 e. The maximum absolute atomic E-state index is 11.6. The van der Waals surface area contributed by atoms with Crippen molar-refractivity contribution in [2.75, 3.05) is 11.5 Å². The van der Waals surface area contributed by atoms with E-state index < -0.39 is 5.97 Å². The van der Waals surface area contributed by atoms with Crippen LogP contribution in [-0.4, -0.2) is 37.9 Å². The zero-order valence-corrected chi connectivity index (χ0v) is 11.7. The number of carbonyl (C=O) groups is 2. The van der Waals surface area contributed by atoms with E-state index in [0.717, 1.165) is 5.56 Å². The first-order valence-corrected chi connectivity index (χ1v) is 6.93. The molecule has 0 aliphatic rings. The minimum absolute atomic E-state index is 0.171. The van der Waals surface area contributed by atoms with Crippen LogP contribution in [0.15, 0.2) is 29.4 Å². The lowest BCUT2D eigenvalue weighted by Crippen LogP contribution is -2.24. The molecule has 0 spiro atoms. The van der Waals surface area contributed by atoms with E-state index in [2.05, 4.69) is 20.5 Å². The number of nitrogens with one attached hydrogen (secondary N) is 2. The van der Waals surface area contributed by atoms with Crippen molar-refractivity contribution in [2.45, 2.75) is 11.7 Å². The molecule has 0 radical (unpaired) electrons. The monoisotopic (exact) mass is 307 g/mol. The number of rotatable bonds is 6. The number of carboxylic acids is 1. The molecule has 0 saturated carbocycles. The Morgan fingerprint density at radius 1 is 1.33 bits per heavy atom. The zero-order chi connectivity index (χ0) is 15.2. The van der Waals surface area contributed by atoms with E-state index >= 15 is 0 Å². The van der Waals surface area contributed by atoms with E-state index in [0.29, 0.717) is 11.7 Å². The summed E-state index contributed by atoms with van der Waals surface area (Å²) in [5.41, 5.74) is 6.40. The number of thioether (sulfide) groups is 1. The van der Waals surface area contributed by atoms with Crippen molar-refractivity contribution in [1.29, 1.82) is 0 Å². The molecule has 0 atom stereocenters. The molecule has 8 nitrogen and oxygen atoms in total. The second-order valence-corrected chi connectivity index (χ2v) is 5.01. The highest BCUT2D eigenvalue weighted by atomic mass is 32.2. The number of benzene rings is 1. The Hall–Kier alpha value is -2.55. The minimum atomic E-state index is -0.979. The number of aromatic amines is 1. The van der Waals surface area contributed by atoms with Crippen LogP contribution in [0.1, 0.15) is 15.9 Å². The van der Waals surface area contributed by atoms with Gasteiger partial charge < -0.3 is 16.2 Å². The Morgan fingerprint density at radius 3 is 2.62 bits per heavy atom. The number of nitrogens with two attached hydrogens (primary N) is 1. The van der Waals surface area contributed by atoms with Gasteiger partial charge in [-0.05, 0) is 17.7 Å². The van der Waals surface area contributed by atoms with Gasteiger partial charge in [0.25, 0.3) is 0 Å². The van der Waals surface area contributed by atoms with Gasteiger partial charge in [0.05, 0.1) is 11.3 Å². The highest BCUT2D eigenvalue weighted by Crippen LogP contribution is 2.12. The summed E-state index contributed by atoms with van der Waals surface area (Å²) in [4.78, 5) is 26.2. The maximum Gasteiger partial charge on any atom is 0.335 e. The molecule has 0 aliphatic carbocycles. The fourth-order valence-electron chi connectivity index (χ4n) is 1.47. The summed E-state index contributed by atoms with van der Waals surface area (Å²) < 4.78 is 0. The lowest BCUT2D eigenvalue weighted by Gasteiger charge is -2.04. The van der Waals surface area contributed by atoms with Gasteiger partial charge in [0, 0.05) is 6.54 Å². The summed E-state index contributed by atoms with van der Waals surface area (Å²) in [5, 5.41) is 18.2. The van der Waals surface area contributed by atoms with Crippen molar-refractivity contribution in [3.8, 4) is 0 Å². The molecule has 2 rings (SSSR count). The number of carboxylic acid groups (broad SMARTS) is 1. The molecule has 21 heavy (non-hydrogen) atoms. The first-order chi connectivity index (χ1) is 10.0. The predicted molar refractivity (Wildman–Crippen MR) is 76.8 cm³/mol. The molecule has 110 valence electrons. The van der Waals surface area contributed by atoms with Gasteiger partial charge in [-0.25, -0.2) is 9.89 Å². The smallest absolute Gasteiger partial charge is 0.335 e. The summed E-state index contributed by atoms with van der Waals surface area (Å²) in [5.74, 6) is -0.778. The van der Waals surface area contributed by atoms with E-state index in [1.54, 1.807) is 12.1 Å². The molecule has 9 heteroatoms. The zero-order valence-electron chi connectivity index (χ0n) is 10.9. The number of aromatic carboxylic acids is 1. The van der Waals surface area contributed by atoms with Crippen LogP contribution in [0.25, 0.3) is 0 Å². The summed E-state index contributed by atoms with van der Waals surface area (Å²) in [7, 11) is 0. The van der Waals surface area contributed by atoms with Crippen LogP contribution in [0.3, 0.4) is 0 Å². The van der Waals surface area contributed by atoms with Crippen molar-refractivity contribution in [2.24, 2.45) is 0 Å². The summed E-state index contributed by atoms with van der Waals surface area (Å²) in [6.07, 6.45) is 0. The van der Waals surface area contributed by atoms with E-state index in [-0.39, 0.29) is 23.2 Å². The quantitative estimate of drug-likeness (QED) is 0.571. The SMILES string of the molecule is Nc1nc(SCC(=O)NCc2ccc(C(=O)O)cc2)n[nH]1. The van der Waals surface area contributed by atoms with Gasteiger partial charge in [-0.1, -0.05) is 23.9 Å². The normalized spacial score (nSPS) is 10.3. The molecule has 1 amide bonds. The van der Waals surface area contributed by atoms with Gasteiger partial charge >= 0.3 is 5.97 Å². The van der Waals surface area contributed by atoms with Gasteiger partial charge in [0.1, 0.15) is 0 Å². The van der Waals surface area contributed by atoms with Crippen LogP contribution in [0.4, 0.5) is 5.95 Å². The topological polar surface area (TPSA) is 134 Å².